The van der Waals surface area contributed by atoms with Crippen LogP contribution in [0.2, 0.25) is 18.1 Å². The molecule has 0 saturated carbocycles. The van der Waals surface area contributed by atoms with Gasteiger partial charge in [0.05, 0.1) is 5.75 Å². The van der Waals surface area contributed by atoms with Crippen molar-refractivity contribution in [2.75, 3.05) is 0 Å². The molecule has 0 aliphatic heterocycles. The molecule has 17 heavy (non-hydrogen) atoms. The fraction of sp³-hybridized carbons (Fsp3) is 0.500. The van der Waals surface area contributed by atoms with Crippen LogP contribution in [0.4, 0.5) is 0 Å². The number of para-hydroxylation sites is 2. The van der Waals surface area contributed by atoms with Gasteiger partial charge in [0.15, 0.2) is 0 Å². The van der Waals surface area contributed by atoms with Crippen molar-refractivity contribution in [2.24, 2.45) is 0 Å². The van der Waals surface area contributed by atoms with Crippen LogP contribution in [0.5, 0.6) is 11.5 Å². The third-order valence-electron chi connectivity index (χ3n) is 3.11. The van der Waals surface area contributed by atoms with Gasteiger partial charge in [-0.3, -0.25) is 0 Å². The molecule has 0 spiro atoms. The van der Waals surface area contributed by atoms with Gasteiger partial charge in [-0.05, 0) is 24.2 Å². The summed E-state index contributed by atoms with van der Waals surface area (Å²) in [5, 5.41) is 11.5. The first-order valence-electron chi connectivity index (χ1n) is 5.62. The van der Waals surface area contributed by atoms with E-state index < -0.39 is 8.32 Å². The van der Waals surface area contributed by atoms with Gasteiger partial charge in [-0.1, -0.05) is 44.7 Å². The maximum absolute atomic E-state index is 11.5. The van der Waals surface area contributed by atoms with Crippen LogP contribution in [0.15, 0.2) is 24.3 Å². The van der Waals surface area contributed by atoms with Crippen LogP contribution in [-0.4, -0.2) is 31.4 Å². The molecule has 1 rings (SSSR count). The van der Waals surface area contributed by atoms with Crippen LogP contribution in [0.25, 0.3) is 0 Å². The molecule has 5 heteroatoms. The van der Waals surface area contributed by atoms with E-state index in [0.717, 1.165) is 18.1 Å². The molecule has 0 saturated heterocycles. The predicted molar refractivity (Wildman–Crippen MR) is 69.5 cm³/mol. The molecular formula is C12H19BrMgO2Si. The molecule has 0 atom stereocenters. The maximum atomic E-state index is 11.5. The van der Waals surface area contributed by atoms with E-state index in [9.17, 15) is 5.11 Å². The minimum absolute atomic E-state index is 0. The molecule has 0 aromatic heterocycles. The summed E-state index contributed by atoms with van der Waals surface area (Å²) in [7, 11) is -1.69. The topological polar surface area (TPSA) is 32.3 Å². The summed E-state index contributed by atoms with van der Waals surface area (Å²) >= 11 is 0. The number of hydrogen-bond donors (Lipinski definition) is 0. The molecule has 92 valence electrons. The Labute approximate surface area is 132 Å². The Morgan fingerprint density at radius 1 is 1.06 bits per heavy atom. The van der Waals surface area contributed by atoms with Crippen molar-refractivity contribution in [2.45, 2.75) is 38.9 Å². The van der Waals surface area contributed by atoms with Crippen LogP contribution in [0, 0.1) is 0 Å². The fourth-order valence-corrected chi connectivity index (χ4v) is 4.30. The fourth-order valence-electron chi connectivity index (χ4n) is 1.73. The Balaban J connectivity index is 0. The van der Waals surface area contributed by atoms with Crippen molar-refractivity contribution >= 4 is 31.4 Å². The third kappa shape index (κ3) is 5.20. The molecule has 1 aromatic carbocycles. The Bertz CT molecular complexity index is 311. The molecule has 0 amide bonds. The second-order valence-electron chi connectivity index (χ2n) is 3.79. The first kappa shape index (κ1) is 19.6. The van der Waals surface area contributed by atoms with E-state index in [1.165, 1.54) is 0 Å². The van der Waals surface area contributed by atoms with E-state index in [-0.39, 0.29) is 45.8 Å². The third-order valence-corrected chi connectivity index (χ3v) is 7.63. The van der Waals surface area contributed by atoms with Crippen LogP contribution in [0.3, 0.4) is 0 Å². The molecule has 0 unspecified atom stereocenters. The van der Waals surface area contributed by atoms with E-state index in [2.05, 4.69) is 20.8 Å². The van der Waals surface area contributed by atoms with E-state index in [1.54, 1.807) is 18.2 Å². The van der Waals surface area contributed by atoms with Crippen molar-refractivity contribution in [3.63, 3.8) is 0 Å². The van der Waals surface area contributed by atoms with Crippen LogP contribution in [0.1, 0.15) is 20.8 Å². The van der Waals surface area contributed by atoms with Gasteiger partial charge in [0.2, 0.25) is 8.32 Å². The van der Waals surface area contributed by atoms with Crippen molar-refractivity contribution in [1.29, 1.82) is 0 Å². The van der Waals surface area contributed by atoms with Gasteiger partial charge < -0.3 is 26.5 Å². The van der Waals surface area contributed by atoms with Crippen molar-refractivity contribution in [3.05, 3.63) is 24.3 Å². The normalized spacial score (nSPS) is 10.1. The zero-order valence-corrected chi connectivity index (χ0v) is 14.8. The summed E-state index contributed by atoms with van der Waals surface area (Å²) in [6.07, 6.45) is 0. The average Bonchev–Trinajstić information content (AvgIpc) is 2.29. The number of rotatable bonds is 5. The van der Waals surface area contributed by atoms with Crippen LogP contribution >= 0.6 is 0 Å². The SMILES string of the molecule is CC[Si](CC)(CC)Oc1ccccc1[O-].[Br-].[Mg+2]. The van der Waals surface area contributed by atoms with Crippen LogP contribution in [-0.2, 0) is 0 Å². The summed E-state index contributed by atoms with van der Waals surface area (Å²) in [5.74, 6) is 0.541. The minimum Gasteiger partial charge on any atom is -1.00 e. The van der Waals surface area contributed by atoms with Crippen molar-refractivity contribution < 1.29 is 26.5 Å². The molecular weight excluding hydrogens is 308 g/mol. The van der Waals surface area contributed by atoms with Crippen molar-refractivity contribution in [3.8, 4) is 11.5 Å². The summed E-state index contributed by atoms with van der Waals surface area (Å²) in [6, 6.07) is 10.1. The smallest absolute Gasteiger partial charge is 1.00 e. The second kappa shape index (κ2) is 9.24. The van der Waals surface area contributed by atoms with Gasteiger partial charge in [-0.25, -0.2) is 0 Å². The molecule has 0 radical (unpaired) electrons. The van der Waals surface area contributed by atoms with E-state index >= 15 is 0 Å². The molecule has 0 bridgehead atoms. The molecule has 0 aliphatic rings. The quantitative estimate of drug-likeness (QED) is 0.700. The summed E-state index contributed by atoms with van der Waals surface area (Å²) in [6.45, 7) is 6.48. The number of halogens is 1. The zero-order chi connectivity index (χ0) is 11.3. The van der Waals surface area contributed by atoms with Crippen molar-refractivity contribution in [1.82, 2.24) is 0 Å². The molecule has 0 aliphatic carbocycles. The van der Waals surface area contributed by atoms with E-state index in [4.69, 9.17) is 4.43 Å². The maximum Gasteiger partial charge on any atom is 2.00 e. The summed E-state index contributed by atoms with van der Waals surface area (Å²) < 4.78 is 6.01. The Morgan fingerprint density at radius 2 is 1.53 bits per heavy atom. The molecule has 2 nitrogen and oxygen atoms in total. The van der Waals surface area contributed by atoms with Gasteiger partial charge in [-0.15, -0.1) is 0 Å². The Morgan fingerprint density at radius 3 is 1.94 bits per heavy atom. The number of hydrogen-bond acceptors (Lipinski definition) is 2. The molecule has 0 heterocycles. The number of benzene rings is 1. The van der Waals surface area contributed by atoms with Gasteiger partial charge in [-0.2, -0.15) is 0 Å². The monoisotopic (exact) mass is 326 g/mol. The predicted octanol–water partition coefficient (Wildman–Crippen LogP) is -0.233. The van der Waals surface area contributed by atoms with Gasteiger partial charge in [0, 0.05) is 0 Å². The standard InChI is InChI=1S/C12H20O2Si.BrH.Mg/c1-4-15(5-2,6-3)14-12-10-8-7-9-11(12)13;;/h7-10,13H,4-6H2,1-3H3;1H;/q;;+2/p-2. The average molecular weight is 328 g/mol. The first-order valence-corrected chi connectivity index (χ1v) is 8.15. The summed E-state index contributed by atoms with van der Waals surface area (Å²) in [5.41, 5.74) is 0. The largest absolute Gasteiger partial charge is 2.00 e. The van der Waals surface area contributed by atoms with Gasteiger partial charge >= 0.3 is 23.1 Å². The summed E-state index contributed by atoms with van der Waals surface area (Å²) in [4.78, 5) is 0. The minimum atomic E-state index is -1.69. The van der Waals surface area contributed by atoms with E-state index in [1.807, 2.05) is 6.07 Å². The van der Waals surface area contributed by atoms with Gasteiger partial charge in [0.25, 0.3) is 0 Å². The van der Waals surface area contributed by atoms with Gasteiger partial charge in [0.1, 0.15) is 0 Å². The zero-order valence-electron chi connectivity index (χ0n) is 10.8. The molecule has 0 N–H and O–H groups in total. The van der Waals surface area contributed by atoms with E-state index in [0.29, 0.717) is 5.75 Å². The second-order valence-corrected chi connectivity index (χ2v) is 8.48. The Hall–Kier alpha value is 0.283. The molecule has 0 fully saturated rings. The Kier molecular flexibility index (Phi) is 10.7. The molecule has 1 aromatic rings. The first-order chi connectivity index (χ1) is 7.17. The van der Waals surface area contributed by atoms with Crippen LogP contribution < -0.4 is 26.5 Å².